The van der Waals surface area contributed by atoms with Gasteiger partial charge in [0.1, 0.15) is 6.04 Å². The summed E-state index contributed by atoms with van der Waals surface area (Å²) in [5.41, 5.74) is 6.40. The average molecular weight is 215 g/mol. The van der Waals surface area contributed by atoms with Crippen molar-refractivity contribution in [1.82, 2.24) is 4.98 Å². The fourth-order valence-corrected chi connectivity index (χ4v) is 1.56. The van der Waals surface area contributed by atoms with Gasteiger partial charge < -0.3 is 15.8 Å². The molecule has 1 amide bonds. The van der Waals surface area contributed by atoms with Crippen molar-refractivity contribution >= 4 is 22.4 Å². The number of carbonyl (C=O) groups excluding carboxylic acids is 1. The van der Waals surface area contributed by atoms with Gasteiger partial charge in [-0.3, -0.25) is 4.79 Å². The van der Waals surface area contributed by atoms with E-state index in [0.717, 1.165) is 5.69 Å². The summed E-state index contributed by atoms with van der Waals surface area (Å²) in [5.74, 6) is -0.277. The number of aromatic nitrogens is 1. The fraction of sp³-hybridized carbons (Fsp3) is 0.500. The standard InChI is InChI=1S/C8H13N3O2S/c1-5-4-14-8(10-5)11-7(12)6(9)3-13-2/h4,6H,3,9H2,1-2H3,(H,10,11,12). The van der Waals surface area contributed by atoms with Gasteiger partial charge in [-0.15, -0.1) is 11.3 Å². The summed E-state index contributed by atoms with van der Waals surface area (Å²) in [5, 5.41) is 5.04. The number of rotatable bonds is 4. The van der Waals surface area contributed by atoms with Crippen molar-refractivity contribution in [2.75, 3.05) is 19.0 Å². The highest BCUT2D eigenvalue weighted by Crippen LogP contribution is 2.14. The molecule has 0 aliphatic rings. The van der Waals surface area contributed by atoms with Crippen molar-refractivity contribution in [1.29, 1.82) is 0 Å². The van der Waals surface area contributed by atoms with Gasteiger partial charge in [-0.25, -0.2) is 4.98 Å². The molecule has 1 unspecified atom stereocenters. The van der Waals surface area contributed by atoms with Crippen LogP contribution in [0.2, 0.25) is 0 Å². The molecule has 1 atom stereocenters. The van der Waals surface area contributed by atoms with Gasteiger partial charge in [-0.1, -0.05) is 0 Å². The predicted octanol–water partition coefficient (Wildman–Crippen LogP) is 0.364. The monoisotopic (exact) mass is 215 g/mol. The molecule has 1 rings (SSSR count). The highest BCUT2D eigenvalue weighted by Gasteiger charge is 2.14. The number of nitrogens with two attached hydrogens (primary N) is 1. The largest absolute Gasteiger partial charge is 0.383 e. The fourth-order valence-electron chi connectivity index (χ4n) is 0.865. The van der Waals surface area contributed by atoms with E-state index in [0.29, 0.717) is 5.13 Å². The summed E-state index contributed by atoms with van der Waals surface area (Å²) < 4.78 is 4.76. The first-order valence-electron chi connectivity index (χ1n) is 4.11. The number of hydrogen-bond donors (Lipinski definition) is 2. The van der Waals surface area contributed by atoms with Gasteiger partial charge in [0.25, 0.3) is 0 Å². The Balaban J connectivity index is 2.48. The van der Waals surface area contributed by atoms with Crippen molar-refractivity contribution in [2.24, 2.45) is 5.73 Å². The minimum atomic E-state index is -0.649. The van der Waals surface area contributed by atoms with Crippen LogP contribution in [0.15, 0.2) is 5.38 Å². The number of ether oxygens (including phenoxy) is 1. The second-order valence-electron chi connectivity index (χ2n) is 2.85. The predicted molar refractivity (Wildman–Crippen MR) is 55.3 cm³/mol. The summed E-state index contributed by atoms with van der Waals surface area (Å²) in [4.78, 5) is 15.4. The van der Waals surface area contributed by atoms with Gasteiger partial charge in [-0.2, -0.15) is 0 Å². The highest BCUT2D eigenvalue weighted by molar-refractivity contribution is 7.13. The van der Waals surface area contributed by atoms with Crippen LogP contribution in [0.4, 0.5) is 5.13 Å². The van der Waals surface area contributed by atoms with Crippen LogP contribution in [0, 0.1) is 6.92 Å². The summed E-state index contributed by atoms with van der Waals surface area (Å²) in [6.45, 7) is 2.07. The Kier molecular flexibility index (Phi) is 3.99. The number of methoxy groups -OCH3 is 1. The molecule has 0 bridgehead atoms. The van der Waals surface area contributed by atoms with E-state index in [-0.39, 0.29) is 12.5 Å². The maximum Gasteiger partial charge on any atom is 0.245 e. The van der Waals surface area contributed by atoms with E-state index < -0.39 is 6.04 Å². The van der Waals surface area contributed by atoms with Crippen LogP contribution >= 0.6 is 11.3 Å². The average Bonchev–Trinajstić information content (AvgIpc) is 2.51. The number of nitrogens with one attached hydrogen (secondary N) is 1. The third-order valence-electron chi connectivity index (χ3n) is 1.53. The van der Waals surface area contributed by atoms with Crippen LogP contribution in [0.5, 0.6) is 0 Å². The molecule has 6 heteroatoms. The topological polar surface area (TPSA) is 77.2 Å². The Morgan fingerprint density at radius 2 is 2.57 bits per heavy atom. The van der Waals surface area contributed by atoms with E-state index in [1.165, 1.54) is 18.4 Å². The zero-order valence-corrected chi connectivity index (χ0v) is 8.93. The van der Waals surface area contributed by atoms with Gasteiger partial charge in [0.05, 0.1) is 12.3 Å². The van der Waals surface area contributed by atoms with E-state index >= 15 is 0 Å². The van der Waals surface area contributed by atoms with Crippen LogP contribution in [0.3, 0.4) is 0 Å². The normalized spacial score (nSPS) is 12.5. The Labute approximate surface area is 86.3 Å². The molecule has 3 N–H and O–H groups in total. The lowest BCUT2D eigenvalue weighted by Gasteiger charge is -2.08. The molecule has 0 saturated carbocycles. The third kappa shape index (κ3) is 3.06. The third-order valence-corrected chi connectivity index (χ3v) is 2.41. The molecular formula is C8H13N3O2S. The molecule has 0 radical (unpaired) electrons. The summed E-state index contributed by atoms with van der Waals surface area (Å²) >= 11 is 1.37. The SMILES string of the molecule is COCC(N)C(=O)Nc1nc(C)cs1. The van der Waals surface area contributed by atoms with Gasteiger partial charge in [0.15, 0.2) is 5.13 Å². The quantitative estimate of drug-likeness (QED) is 0.760. The van der Waals surface area contributed by atoms with E-state index in [1.54, 1.807) is 0 Å². The molecule has 0 fully saturated rings. The van der Waals surface area contributed by atoms with Gasteiger partial charge in [0, 0.05) is 12.5 Å². The second-order valence-corrected chi connectivity index (χ2v) is 3.70. The highest BCUT2D eigenvalue weighted by atomic mass is 32.1. The summed E-state index contributed by atoms with van der Waals surface area (Å²) in [7, 11) is 1.50. The number of anilines is 1. The molecule has 1 aromatic rings. The number of thiazole rings is 1. The molecule has 0 aromatic carbocycles. The minimum Gasteiger partial charge on any atom is -0.383 e. The van der Waals surface area contributed by atoms with Crippen molar-refractivity contribution in [3.05, 3.63) is 11.1 Å². The van der Waals surface area contributed by atoms with Crippen molar-refractivity contribution in [2.45, 2.75) is 13.0 Å². The molecular weight excluding hydrogens is 202 g/mol. The maximum atomic E-state index is 11.4. The molecule has 0 saturated heterocycles. The number of nitrogens with zero attached hydrogens (tertiary/aromatic N) is 1. The Bertz CT molecular complexity index is 313. The number of hydrogen-bond acceptors (Lipinski definition) is 5. The molecule has 0 spiro atoms. The lowest BCUT2D eigenvalue weighted by atomic mass is 10.3. The molecule has 78 valence electrons. The molecule has 5 nitrogen and oxygen atoms in total. The van der Waals surface area contributed by atoms with Gasteiger partial charge >= 0.3 is 0 Å². The Morgan fingerprint density at radius 3 is 3.07 bits per heavy atom. The van der Waals surface area contributed by atoms with Crippen molar-refractivity contribution in [3.63, 3.8) is 0 Å². The molecule has 1 aromatic heterocycles. The zero-order valence-electron chi connectivity index (χ0n) is 8.11. The molecule has 0 aliphatic heterocycles. The van der Waals surface area contributed by atoms with Crippen LogP contribution in [-0.4, -0.2) is 30.6 Å². The van der Waals surface area contributed by atoms with E-state index in [9.17, 15) is 4.79 Å². The minimum absolute atomic E-state index is 0.205. The first-order chi connectivity index (χ1) is 6.63. The smallest absolute Gasteiger partial charge is 0.245 e. The summed E-state index contributed by atoms with van der Waals surface area (Å²) in [6, 6.07) is -0.649. The molecule has 1 heterocycles. The van der Waals surface area contributed by atoms with E-state index in [4.69, 9.17) is 10.5 Å². The van der Waals surface area contributed by atoms with Crippen LogP contribution in [0.25, 0.3) is 0 Å². The first-order valence-corrected chi connectivity index (χ1v) is 4.99. The molecule has 0 aliphatic carbocycles. The maximum absolute atomic E-state index is 11.4. The van der Waals surface area contributed by atoms with Crippen LogP contribution in [0.1, 0.15) is 5.69 Å². The lowest BCUT2D eigenvalue weighted by Crippen LogP contribution is -2.39. The van der Waals surface area contributed by atoms with Crippen LogP contribution < -0.4 is 11.1 Å². The van der Waals surface area contributed by atoms with E-state index in [2.05, 4.69) is 10.3 Å². The van der Waals surface area contributed by atoms with E-state index in [1.807, 2.05) is 12.3 Å². The lowest BCUT2D eigenvalue weighted by molar-refractivity contribution is -0.118. The second kappa shape index (κ2) is 5.04. The number of carbonyl (C=O) groups is 1. The van der Waals surface area contributed by atoms with Gasteiger partial charge in [-0.05, 0) is 6.92 Å². The van der Waals surface area contributed by atoms with Gasteiger partial charge in [0.2, 0.25) is 5.91 Å². The van der Waals surface area contributed by atoms with Crippen molar-refractivity contribution in [3.8, 4) is 0 Å². The first kappa shape index (κ1) is 11.1. The zero-order chi connectivity index (χ0) is 10.6. The van der Waals surface area contributed by atoms with Crippen molar-refractivity contribution < 1.29 is 9.53 Å². The number of aryl methyl sites for hydroxylation is 1. The summed E-state index contributed by atoms with van der Waals surface area (Å²) in [6.07, 6.45) is 0. The number of amides is 1. The Morgan fingerprint density at radius 1 is 1.86 bits per heavy atom. The Hall–Kier alpha value is -0.980. The molecule has 14 heavy (non-hydrogen) atoms. The van der Waals surface area contributed by atoms with Crippen LogP contribution in [-0.2, 0) is 9.53 Å².